The van der Waals surface area contributed by atoms with Gasteiger partial charge in [-0.2, -0.15) is 0 Å². The molecule has 0 unspecified atom stereocenters. The van der Waals surface area contributed by atoms with E-state index in [0.29, 0.717) is 23.6 Å². The molecule has 92 valence electrons. The summed E-state index contributed by atoms with van der Waals surface area (Å²) in [5.41, 5.74) is 0. The number of halogens is 2. The number of hydrogen-bond acceptors (Lipinski definition) is 4. The lowest BCUT2D eigenvalue weighted by molar-refractivity contribution is 0.420. The highest BCUT2D eigenvalue weighted by Gasteiger charge is 2.06. The van der Waals surface area contributed by atoms with E-state index in [1.54, 1.807) is 6.20 Å². The molecule has 0 atom stereocenters. The fraction of sp³-hybridized carbons (Fsp3) is 0.364. The van der Waals surface area contributed by atoms with Crippen LogP contribution in [0.25, 0.3) is 0 Å². The predicted octanol–water partition coefficient (Wildman–Crippen LogP) is 3.64. The monoisotopic (exact) mass is 362 g/mol. The zero-order valence-corrected chi connectivity index (χ0v) is 12.5. The molecule has 0 saturated carbocycles. The fourth-order valence-electron chi connectivity index (χ4n) is 1.36. The Morgan fingerprint density at radius 1 is 1.24 bits per heavy atom. The van der Waals surface area contributed by atoms with E-state index >= 15 is 0 Å². The maximum atomic E-state index is 5.48. The Balaban J connectivity index is 1.83. The summed E-state index contributed by atoms with van der Waals surface area (Å²) in [6.07, 6.45) is 2.63. The summed E-state index contributed by atoms with van der Waals surface area (Å²) in [5.74, 6) is 2.46. The van der Waals surface area contributed by atoms with Crippen LogP contribution >= 0.6 is 31.9 Å². The van der Waals surface area contributed by atoms with Gasteiger partial charge >= 0.3 is 0 Å². The Bertz CT molecular complexity index is 474. The average Bonchev–Trinajstić information content (AvgIpc) is 2.87. The standard InChI is InChI=1S/C11H12Br2N2O2/c1-2-7-5-15-10(16-7)6-14-4-8-3-9(12)11(13)17-8/h3,5,14H,2,4,6H2,1H3. The molecule has 0 amide bonds. The van der Waals surface area contributed by atoms with E-state index in [0.717, 1.165) is 22.4 Å². The Morgan fingerprint density at radius 3 is 2.65 bits per heavy atom. The average molecular weight is 364 g/mol. The molecule has 0 aliphatic heterocycles. The predicted molar refractivity (Wildman–Crippen MR) is 70.5 cm³/mol. The van der Waals surface area contributed by atoms with Crippen molar-refractivity contribution in [3.63, 3.8) is 0 Å². The van der Waals surface area contributed by atoms with E-state index < -0.39 is 0 Å². The first-order valence-corrected chi connectivity index (χ1v) is 6.85. The number of nitrogens with one attached hydrogen (secondary N) is 1. The van der Waals surface area contributed by atoms with Gasteiger partial charge in [0.15, 0.2) is 4.67 Å². The smallest absolute Gasteiger partial charge is 0.208 e. The summed E-state index contributed by atoms with van der Waals surface area (Å²) in [5, 5.41) is 3.20. The van der Waals surface area contributed by atoms with Crippen LogP contribution in [0.5, 0.6) is 0 Å². The minimum absolute atomic E-state index is 0.593. The van der Waals surface area contributed by atoms with Gasteiger partial charge in [0.25, 0.3) is 0 Å². The van der Waals surface area contributed by atoms with Gasteiger partial charge in [-0.05, 0) is 37.9 Å². The molecule has 2 aromatic heterocycles. The van der Waals surface area contributed by atoms with Crippen molar-refractivity contribution in [3.8, 4) is 0 Å². The second-order valence-electron chi connectivity index (χ2n) is 3.51. The van der Waals surface area contributed by atoms with Gasteiger partial charge in [0.2, 0.25) is 5.89 Å². The molecule has 2 rings (SSSR count). The molecule has 0 spiro atoms. The van der Waals surface area contributed by atoms with Crippen LogP contribution in [0.3, 0.4) is 0 Å². The zero-order chi connectivity index (χ0) is 12.3. The van der Waals surface area contributed by atoms with Crippen LogP contribution in [0.1, 0.15) is 24.3 Å². The first-order valence-electron chi connectivity index (χ1n) is 5.27. The molecule has 4 nitrogen and oxygen atoms in total. The summed E-state index contributed by atoms with van der Waals surface area (Å²) in [7, 11) is 0. The van der Waals surface area contributed by atoms with E-state index in [1.165, 1.54) is 0 Å². The van der Waals surface area contributed by atoms with Crippen molar-refractivity contribution in [2.75, 3.05) is 0 Å². The number of rotatable bonds is 5. The van der Waals surface area contributed by atoms with Crippen LogP contribution in [0, 0.1) is 0 Å². The Hall–Kier alpha value is -0.590. The van der Waals surface area contributed by atoms with Crippen LogP contribution in [-0.4, -0.2) is 4.98 Å². The molecule has 1 N–H and O–H groups in total. The molecular weight excluding hydrogens is 352 g/mol. The SMILES string of the molecule is CCc1cnc(CNCc2cc(Br)c(Br)o2)o1. The Labute approximate surface area is 116 Å². The summed E-state index contributed by atoms with van der Waals surface area (Å²) in [6, 6.07) is 1.92. The number of aromatic nitrogens is 1. The van der Waals surface area contributed by atoms with Gasteiger partial charge in [0, 0.05) is 6.42 Å². The molecule has 0 saturated heterocycles. The van der Waals surface area contributed by atoms with Crippen molar-refractivity contribution >= 4 is 31.9 Å². The van der Waals surface area contributed by atoms with E-state index in [2.05, 4.69) is 42.2 Å². The highest BCUT2D eigenvalue weighted by atomic mass is 79.9. The molecular formula is C11H12Br2N2O2. The first-order chi connectivity index (χ1) is 8.19. The summed E-state index contributed by atoms with van der Waals surface area (Å²) in [6.45, 7) is 3.26. The van der Waals surface area contributed by atoms with Gasteiger partial charge in [-0.15, -0.1) is 0 Å². The molecule has 0 bridgehead atoms. The highest BCUT2D eigenvalue weighted by Crippen LogP contribution is 2.26. The van der Waals surface area contributed by atoms with Crippen molar-refractivity contribution in [2.24, 2.45) is 0 Å². The van der Waals surface area contributed by atoms with Gasteiger partial charge in [0.05, 0.1) is 23.8 Å². The lowest BCUT2D eigenvalue weighted by Crippen LogP contribution is -2.12. The number of furan rings is 1. The second kappa shape index (κ2) is 5.84. The van der Waals surface area contributed by atoms with Crippen molar-refractivity contribution in [1.82, 2.24) is 10.3 Å². The van der Waals surface area contributed by atoms with E-state index in [1.807, 2.05) is 13.0 Å². The van der Waals surface area contributed by atoms with E-state index in [-0.39, 0.29) is 0 Å². The number of hydrogen-bond donors (Lipinski definition) is 1. The molecule has 0 aromatic carbocycles. The molecule has 0 aliphatic rings. The quantitative estimate of drug-likeness (QED) is 0.880. The van der Waals surface area contributed by atoms with Crippen LogP contribution in [0.15, 0.2) is 30.2 Å². The minimum Gasteiger partial charge on any atom is -0.452 e. The number of nitrogens with zero attached hydrogens (tertiary/aromatic N) is 1. The Kier molecular flexibility index (Phi) is 4.42. The molecule has 17 heavy (non-hydrogen) atoms. The largest absolute Gasteiger partial charge is 0.452 e. The van der Waals surface area contributed by atoms with Gasteiger partial charge in [-0.3, -0.25) is 0 Å². The van der Waals surface area contributed by atoms with Crippen LogP contribution in [0.4, 0.5) is 0 Å². The van der Waals surface area contributed by atoms with Crippen molar-refractivity contribution in [2.45, 2.75) is 26.4 Å². The maximum Gasteiger partial charge on any atom is 0.208 e. The molecule has 2 aromatic rings. The summed E-state index contributed by atoms with van der Waals surface area (Å²) < 4.78 is 12.5. The first kappa shape index (κ1) is 12.9. The van der Waals surface area contributed by atoms with E-state index in [9.17, 15) is 0 Å². The summed E-state index contributed by atoms with van der Waals surface area (Å²) in [4.78, 5) is 4.16. The summed E-state index contributed by atoms with van der Waals surface area (Å²) >= 11 is 6.66. The molecule has 0 fully saturated rings. The van der Waals surface area contributed by atoms with Gasteiger partial charge in [0.1, 0.15) is 11.5 Å². The van der Waals surface area contributed by atoms with Gasteiger partial charge in [-0.25, -0.2) is 4.98 Å². The maximum absolute atomic E-state index is 5.48. The zero-order valence-electron chi connectivity index (χ0n) is 9.30. The second-order valence-corrected chi connectivity index (χ2v) is 5.09. The lowest BCUT2D eigenvalue weighted by atomic mass is 10.4. The molecule has 6 heteroatoms. The Morgan fingerprint density at radius 2 is 2.06 bits per heavy atom. The van der Waals surface area contributed by atoms with Crippen LogP contribution in [0.2, 0.25) is 0 Å². The molecule has 0 aliphatic carbocycles. The van der Waals surface area contributed by atoms with Crippen molar-refractivity contribution in [1.29, 1.82) is 0 Å². The van der Waals surface area contributed by atoms with E-state index in [4.69, 9.17) is 8.83 Å². The van der Waals surface area contributed by atoms with Crippen LogP contribution in [-0.2, 0) is 19.5 Å². The van der Waals surface area contributed by atoms with Crippen molar-refractivity contribution in [3.05, 3.63) is 38.8 Å². The van der Waals surface area contributed by atoms with Crippen LogP contribution < -0.4 is 5.32 Å². The highest BCUT2D eigenvalue weighted by molar-refractivity contribution is 9.13. The van der Waals surface area contributed by atoms with Crippen molar-refractivity contribution < 1.29 is 8.83 Å². The minimum atomic E-state index is 0.593. The lowest BCUT2D eigenvalue weighted by Gasteiger charge is -1.98. The topological polar surface area (TPSA) is 51.2 Å². The normalized spacial score (nSPS) is 11.0. The number of oxazole rings is 1. The fourth-order valence-corrected chi connectivity index (χ4v) is 2.02. The van der Waals surface area contributed by atoms with Gasteiger partial charge < -0.3 is 14.2 Å². The third-order valence-electron chi connectivity index (χ3n) is 2.22. The molecule has 0 radical (unpaired) electrons. The number of aryl methyl sites for hydroxylation is 1. The van der Waals surface area contributed by atoms with Gasteiger partial charge in [-0.1, -0.05) is 6.92 Å². The third-order valence-corrected chi connectivity index (χ3v) is 3.93. The third kappa shape index (κ3) is 3.43. The molecule has 2 heterocycles.